The Morgan fingerprint density at radius 3 is 2.60 bits per heavy atom. The molecule has 1 aromatic carbocycles. The van der Waals surface area contributed by atoms with Crippen LogP contribution in [0.3, 0.4) is 0 Å². The maximum Gasteiger partial charge on any atom is 0.283 e. The van der Waals surface area contributed by atoms with Crippen LogP contribution in [-0.4, -0.2) is 36.4 Å². The SMILES string of the molecule is CCn1nnc2c(=O)n(CC(=O)Nc3ccc(C(N)=O)cc3)cnc21. The molecule has 0 bridgehead atoms. The zero-order chi connectivity index (χ0) is 18.0. The lowest BCUT2D eigenvalue weighted by atomic mass is 10.2. The summed E-state index contributed by atoms with van der Waals surface area (Å²) in [6.07, 6.45) is 1.29. The van der Waals surface area contributed by atoms with Gasteiger partial charge in [-0.1, -0.05) is 5.21 Å². The predicted octanol–water partition coefficient (Wildman–Crippen LogP) is -0.254. The number of rotatable bonds is 5. The van der Waals surface area contributed by atoms with E-state index in [2.05, 4.69) is 20.6 Å². The van der Waals surface area contributed by atoms with E-state index in [-0.39, 0.29) is 12.1 Å². The van der Waals surface area contributed by atoms with Gasteiger partial charge in [0.1, 0.15) is 12.9 Å². The third-order valence-electron chi connectivity index (χ3n) is 3.56. The second-order valence-electron chi connectivity index (χ2n) is 5.24. The van der Waals surface area contributed by atoms with Gasteiger partial charge in [-0.2, -0.15) is 0 Å². The molecule has 3 N–H and O–H groups in total. The molecule has 3 aromatic rings. The van der Waals surface area contributed by atoms with Crippen molar-refractivity contribution >= 4 is 28.7 Å². The van der Waals surface area contributed by atoms with E-state index in [4.69, 9.17) is 5.73 Å². The van der Waals surface area contributed by atoms with Crippen LogP contribution in [0.15, 0.2) is 35.4 Å². The number of aryl methyl sites for hydroxylation is 1. The zero-order valence-corrected chi connectivity index (χ0v) is 13.3. The number of hydrogen-bond acceptors (Lipinski definition) is 6. The molecule has 0 saturated heterocycles. The van der Waals surface area contributed by atoms with E-state index in [0.717, 1.165) is 4.57 Å². The molecule has 2 aromatic heterocycles. The molecular weight excluding hydrogens is 326 g/mol. The van der Waals surface area contributed by atoms with Gasteiger partial charge in [0.2, 0.25) is 11.8 Å². The van der Waals surface area contributed by atoms with Gasteiger partial charge >= 0.3 is 0 Å². The van der Waals surface area contributed by atoms with Crippen molar-refractivity contribution in [1.82, 2.24) is 24.5 Å². The van der Waals surface area contributed by atoms with Gasteiger partial charge in [-0.25, -0.2) is 9.67 Å². The van der Waals surface area contributed by atoms with Crippen LogP contribution in [0.5, 0.6) is 0 Å². The van der Waals surface area contributed by atoms with E-state index >= 15 is 0 Å². The number of aromatic nitrogens is 5. The Labute approximate surface area is 141 Å². The van der Waals surface area contributed by atoms with E-state index < -0.39 is 17.4 Å². The van der Waals surface area contributed by atoms with Gasteiger partial charge in [0, 0.05) is 17.8 Å². The average Bonchev–Trinajstić information content (AvgIpc) is 3.01. The summed E-state index contributed by atoms with van der Waals surface area (Å²) in [6, 6.07) is 6.10. The van der Waals surface area contributed by atoms with Crippen LogP contribution in [0, 0.1) is 0 Å². The first-order valence-corrected chi connectivity index (χ1v) is 7.48. The van der Waals surface area contributed by atoms with E-state index in [0.29, 0.717) is 23.4 Å². The summed E-state index contributed by atoms with van der Waals surface area (Å²) >= 11 is 0. The molecule has 25 heavy (non-hydrogen) atoms. The lowest BCUT2D eigenvalue weighted by Gasteiger charge is -2.07. The number of nitrogens with two attached hydrogens (primary N) is 1. The Morgan fingerprint density at radius 2 is 1.96 bits per heavy atom. The third kappa shape index (κ3) is 3.22. The Morgan fingerprint density at radius 1 is 1.24 bits per heavy atom. The number of nitrogens with one attached hydrogen (secondary N) is 1. The van der Waals surface area contributed by atoms with Crippen molar-refractivity contribution in [3.63, 3.8) is 0 Å². The lowest BCUT2D eigenvalue weighted by Crippen LogP contribution is -2.28. The fraction of sp³-hybridized carbons (Fsp3) is 0.200. The van der Waals surface area contributed by atoms with Crippen LogP contribution >= 0.6 is 0 Å². The Bertz CT molecular complexity index is 1000. The molecule has 0 unspecified atom stereocenters. The van der Waals surface area contributed by atoms with Gasteiger partial charge in [0.15, 0.2) is 11.2 Å². The van der Waals surface area contributed by atoms with Gasteiger partial charge in [0.05, 0.1) is 0 Å². The number of primary amides is 1. The highest BCUT2D eigenvalue weighted by Gasteiger charge is 2.13. The Hall–Kier alpha value is -3.56. The normalized spacial score (nSPS) is 10.8. The smallest absolute Gasteiger partial charge is 0.283 e. The zero-order valence-electron chi connectivity index (χ0n) is 13.3. The van der Waals surface area contributed by atoms with Crippen LogP contribution in [-0.2, 0) is 17.9 Å². The summed E-state index contributed by atoms with van der Waals surface area (Å²) in [4.78, 5) is 39.6. The quantitative estimate of drug-likeness (QED) is 0.656. The second kappa shape index (κ2) is 6.51. The number of fused-ring (bicyclic) bond motifs is 1. The molecule has 2 amide bonds. The molecule has 10 heteroatoms. The average molecular weight is 341 g/mol. The van der Waals surface area contributed by atoms with E-state index in [1.807, 2.05) is 6.92 Å². The molecule has 3 rings (SSSR count). The molecule has 0 aliphatic heterocycles. The van der Waals surface area contributed by atoms with Crippen molar-refractivity contribution in [2.75, 3.05) is 5.32 Å². The standard InChI is InChI=1S/C15H15N7O3/c1-2-22-14-12(19-20-22)15(25)21(8-17-14)7-11(23)18-10-5-3-9(4-6-10)13(16)24/h3-6,8H,2,7H2,1H3,(H2,16,24)(H,18,23). The number of carbonyl (C=O) groups is 2. The molecule has 0 aliphatic carbocycles. The van der Waals surface area contributed by atoms with Crippen LogP contribution in [0.2, 0.25) is 0 Å². The summed E-state index contributed by atoms with van der Waals surface area (Å²) in [7, 11) is 0. The van der Waals surface area contributed by atoms with Gasteiger partial charge < -0.3 is 11.1 Å². The van der Waals surface area contributed by atoms with Crippen LogP contribution in [0.1, 0.15) is 17.3 Å². The molecule has 0 fully saturated rings. The maximum atomic E-state index is 12.3. The van der Waals surface area contributed by atoms with Gasteiger partial charge in [-0.3, -0.25) is 19.0 Å². The molecular formula is C15H15N7O3. The van der Waals surface area contributed by atoms with Crippen molar-refractivity contribution in [2.45, 2.75) is 20.0 Å². The molecule has 0 atom stereocenters. The topological polar surface area (TPSA) is 138 Å². The van der Waals surface area contributed by atoms with Crippen molar-refractivity contribution in [1.29, 1.82) is 0 Å². The summed E-state index contributed by atoms with van der Waals surface area (Å²) in [5.41, 5.74) is 6.03. The molecule has 0 spiro atoms. The fourth-order valence-electron chi connectivity index (χ4n) is 2.29. The van der Waals surface area contributed by atoms with E-state index in [1.54, 1.807) is 12.1 Å². The van der Waals surface area contributed by atoms with Crippen LogP contribution in [0.4, 0.5) is 5.69 Å². The van der Waals surface area contributed by atoms with Crippen molar-refractivity contribution in [3.05, 3.63) is 46.5 Å². The molecule has 2 heterocycles. The largest absolute Gasteiger partial charge is 0.366 e. The monoisotopic (exact) mass is 341 g/mol. The minimum Gasteiger partial charge on any atom is -0.366 e. The highest BCUT2D eigenvalue weighted by molar-refractivity contribution is 5.94. The third-order valence-corrected chi connectivity index (χ3v) is 3.56. The summed E-state index contributed by atoms with van der Waals surface area (Å²) in [5.74, 6) is -0.970. The number of hydrogen-bond donors (Lipinski definition) is 2. The molecule has 0 aliphatic rings. The van der Waals surface area contributed by atoms with Crippen LogP contribution < -0.4 is 16.6 Å². The lowest BCUT2D eigenvalue weighted by molar-refractivity contribution is -0.116. The highest BCUT2D eigenvalue weighted by atomic mass is 16.2. The van der Waals surface area contributed by atoms with Crippen molar-refractivity contribution in [3.8, 4) is 0 Å². The van der Waals surface area contributed by atoms with Gasteiger partial charge in [0.25, 0.3) is 5.56 Å². The molecule has 0 radical (unpaired) electrons. The highest BCUT2D eigenvalue weighted by Crippen LogP contribution is 2.09. The summed E-state index contributed by atoms with van der Waals surface area (Å²) in [5, 5.41) is 10.3. The second-order valence-corrected chi connectivity index (χ2v) is 5.24. The molecule has 128 valence electrons. The number of anilines is 1. The fourth-order valence-corrected chi connectivity index (χ4v) is 2.29. The van der Waals surface area contributed by atoms with Gasteiger partial charge in [-0.05, 0) is 31.2 Å². The van der Waals surface area contributed by atoms with Gasteiger partial charge in [-0.15, -0.1) is 5.10 Å². The van der Waals surface area contributed by atoms with E-state index in [1.165, 1.54) is 23.1 Å². The number of amides is 2. The number of benzene rings is 1. The maximum absolute atomic E-state index is 12.3. The van der Waals surface area contributed by atoms with Crippen molar-refractivity contribution in [2.24, 2.45) is 5.73 Å². The first kappa shape index (κ1) is 16.3. The summed E-state index contributed by atoms with van der Waals surface area (Å²) < 4.78 is 2.66. The predicted molar refractivity (Wildman–Crippen MR) is 88.8 cm³/mol. The summed E-state index contributed by atoms with van der Waals surface area (Å²) in [6.45, 7) is 2.17. The van der Waals surface area contributed by atoms with E-state index in [9.17, 15) is 14.4 Å². The Kier molecular flexibility index (Phi) is 4.25. The first-order chi connectivity index (χ1) is 12.0. The molecule has 0 saturated carbocycles. The minimum absolute atomic E-state index is 0.114. The minimum atomic E-state index is -0.552. The van der Waals surface area contributed by atoms with Crippen LogP contribution in [0.25, 0.3) is 11.2 Å². The number of nitrogens with zero attached hydrogens (tertiary/aromatic N) is 5. The van der Waals surface area contributed by atoms with Crippen molar-refractivity contribution < 1.29 is 9.59 Å². The first-order valence-electron chi connectivity index (χ1n) is 7.48. The molecule has 10 nitrogen and oxygen atoms in total. The Balaban J connectivity index is 1.76. The number of carbonyl (C=O) groups excluding carboxylic acids is 2.